The van der Waals surface area contributed by atoms with E-state index in [0.717, 1.165) is 5.56 Å². The maximum atomic E-state index is 12.2. The van der Waals surface area contributed by atoms with E-state index in [1.807, 2.05) is 6.07 Å². The van der Waals surface area contributed by atoms with E-state index in [2.05, 4.69) is 10.6 Å². The molecule has 0 bridgehead atoms. The van der Waals surface area contributed by atoms with E-state index >= 15 is 0 Å². The van der Waals surface area contributed by atoms with Crippen LogP contribution in [0.2, 0.25) is 0 Å². The molecular formula is C19H28N3NaO8S. The average molecular weight is 482 g/mol. The van der Waals surface area contributed by atoms with Crippen LogP contribution in [0, 0.1) is 5.92 Å². The summed E-state index contributed by atoms with van der Waals surface area (Å²) in [4.78, 5) is 35.7. The number of carbonyl (C=O) groups is 3. The maximum absolute atomic E-state index is 12.2. The Bertz CT molecular complexity index is 867. The van der Waals surface area contributed by atoms with Crippen molar-refractivity contribution < 1.29 is 66.8 Å². The van der Waals surface area contributed by atoms with Crippen molar-refractivity contribution in [3.05, 3.63) is 35.9 Å². The summed E-state index contributed by atoms with van der Waals surface area (Å²) in [5.74, 6) is -1.88. The Kier molecular flexibility index (Phi) is 13.0. The van der Waals surface area contributed by atoms with Crippen molar-refractivity contribution in [3.8, 4) is 0 Å². The van der Waals surface area contributed by atoms with Crippen LogP contribution < -0.4 is 45.5 Å². The Labute approximate surface area is 209 Å². The number of hydrogen-bond donors (Lipinski definition) is 4. The topological polar surface area (TPSA) is 174 Å². The summed E-state index contributed by atoms with van der Waals surface area (Å²) >= 11 is 0. The number of alkyl carbamates (subject to hydrolysis) is 1. The van der Waals surface area contributed by atoms with Crippen LogP contribution in [-0.2, 0) is 31.1 Å². The third kappa shape index (κ3) is 10.7. The standard InChI is InChI=1S/C19H29N3O8S.Na/c1-13(2)9-10-19(26,31(27,28)29)22-17(24)14(3)21-16(23)11-20-18(25)30-12-15-7-5-4-6-8-15;/h4-8,13-14,26H,9-12H2,1-3H3,(H,20,25)(H,21,23)(H,22,24)(H,27,28,29);/q;+1/p-1/t14-,19?;/m0./s1. The molecule has 0 aliphatic rings. The Morgan fingerprint density at radius 3 is 2.28 bits per heavy atom. The third-order valence-electron chi connectivity index (χ3n) is 4.17. The van der Waals surface area contributed by atoms with Crippen LogP contribution in [0.1, 0.15) is 39.2 Å². The number of rotatable bonds is 11. The quantitative estimate of drug-likeness (QED) is 0.149. The number of aliphatic hydroxyl groups is 1. The molecule has 0 aliphatic carbocycles. The largest absolute Gasteiger partial charge is 1.00 e. The van der Waals surface area contributed by atoms with Crippen molar-refractivity contribution in [3.63, 3.8) is 0 Å². The summed E-state index contributed by atoms with van der Waals surface area (Å²) in [5, 5.41) is 13.4. The zero-order valence-electron chi connectivity index (χ0n) is 18.6. The molecule has 1 rings (SSSR count). The van der Waals surface area contributed by atoms with E-state index in [1.165, 1.54) is 6.92 Å². The molecule has 0 saturated carbocycles. The molecule has 11 nitrogen and oxygen atoms in total. The van der Waals surface area contributed by atoms with Crippen LogP contribution >= 0.6 is 0 Å². The Morgan fingerprint density at radius 2 is 1.75 bits per heavy atom. The van der Waals surface area contributed by atoms with Gasteiger partial charge >= 0.3 is 35.7 Å². The van der Waals surface area contributed by atoms with Crippen molar-refractivity contribution in [2.45, 2.75) is 51.3 Å². The first-order valence-corrected chi connectivity index (χ1v) is 11.0. The summed E-state index contributed by atoms with van der Waals surface area (Å²) in [6.07, 6.45) is -1.19. The molecule has 0 heterocycles. The van der Waals surface area contributed by atoms with Gasteiger partial charge in [-0.1, -0.05) is 44.2 Å². The molecular weight excluding hydrogens is 453 g/mol. The van der Waals surface area contributed by atoms with Gasteiger partial charge in [-0.15, -0.1) is 0 Å². The molecule has 13 heteroatoms. The van der Waals surface area contributed by atoms with E-state index in [0.29, 0.717) is 0 Å². The van der Waals surface area contributed by atoms with E-state index < -0.39 is 52.1 Å². The molecule has 0 radical (unpaired) electrons. The molecule has 0 aromatic heterocycles. The second-order valence-corrected chi connectivity index (χ2v) is 8.95. The molecule has 4 N–H and O–H groups in total. The van der Waals surface area contributed by atoms with Gasteiger partial charge in [0.25, 0.3) is 0 Å². The zero-order valence-corrected chi connectivity index (χ0v) is 21.4. The van der Waals surface area contributed by atoms with Gasteiger partial charge in [0.1, 0.15) is 29.3 Å². The van der Waals surface area contributed by atoms with Gasteiger partial charge in [0.15, 0.2) is 0 Å². The normalized spacial score (nSPS) is 13.8. The fourth-order valence-electron chi connectivity index (χ4n) is 2.32. The van der Waals surface area contributed by atoms with E-state index in [4.69, 9.17) is 4.74 Å². The molecule has 174 valence electrons. The summed E-state index contributed by atoms with van der Waals surface area (Å²) in [6.45, 7) is 4.22. The number of amides is 3. The number of nitrogens with one attached hydrogen (secondary N) is 3. The average Bonchev–Trinajstić information content (AvgIpc) is 2.69. The Balaban J connectivity index is 0.00000961. The Hall–Kier alpha value is -1.70. The second kappa shape index (κ2) is 13.8. The van der Waals surface area contributed by atoms with Crippen molar-refractivity contribution in [1.82, 2.24) is 16.0 Å². The molecule has 1 aromatic rings. The molecule has 0 saturated heterocycles. The second-order valence-electron chi connectivity index (χ2n) is 7.36. The SMILES string of the molecule is CC(C)CCC(O)(NC(=O)[C@H](C)NC(=O)CNC(=O)OCc1ccccc1)S(=O)(=O)[O-].[Na+]. The zero-order chi connectivity index (χ0) is 23.7. The summed E-state index contributed by atoms with van der Waals surface area (Å²) in [7, 11) is -5.28. The van der Waals surface area contributed by atoms with Gasteiger partial charge < -0.3 is 30.3 Å². The summed E-state index contributed by atoms with van der Waals surface area (Å²) < 4.78 is 39.2. The molecule has 0 fully saturated rings. The predicted molar refractivity (Wildman–Crippen MR) is 109 cm³/mol. The molecule has 32 heavy (non-hydrogen) atoms. The minimum Gasteiger partial charge on any atom is -0.744 e. The van der Waals surface area contributed by atoms with Gasteiger partial charge in [-0.25, -0.2) is 13.2 Å². The number of hydrogen-bond acceptors (Lipinski definition) is 8. The fraction of sp³-hybridized carbons (Fsp3) is 0.526. The third-order valence-corrected chi connectivity index (χ3v) is 5.30. The van der Waals surface area contributed by atoms with Crippen molar-refractivity contribution in [2.24, 2.45) is 5.92 Å². The Morgan fingerprint density at radius 1 is 1.16 bits per heavy atom. The van der Waals surface area contributed by atoms with Gasteiger partial charge in [0, 0.05) is 6.42 Å². The van der Waals surface area contributed by atoms with Crippen LogP contribution in [0.3, 0.4) is 0 Å². The van der Waals surface area contributed by atoms with Gasteiger partial charge in [0.05, 0.1) is 0 Å². The molecule has 0 aliphatic heterocycles. The van der Waals surface area contributed by atoms with Gasteiger partial charge in [-0.3, -0.25) is 9.59 Å². The van der Waals surface area contributed by atoms with Crippen LogP contribution in [-0.4, -0.2) is 53.6 Å². The van der Waals surface area contributed by atoms with Crippen molar-refractivity contribution in [2.75, 3.05) is 6.54 Å². The van der Waals surface area contributed by atoms with Crippen LogP contribution in [0.15, 0.2) is 30.3 Å². The predicted octanol–water partition coefficient (Wildman–Crippen LogP) is -2.83. The molecule has 1 aromatic carbocycles. The fourth-order valence-corrected chi connectivity index (χ4v) is 2.91. The monoisotopic (exact) mass is 481 g/mol. The van der Waals surface area contributed by atoms with Crippen LogP contribution in [0.25, 0.3) is 0 Å². The van der Waals surface area contributed by atoms with Crippen molar-refractivity contribution in [1.29, 1.82) is 0 Å². The molecule has 1 unspecified atom stereocenters. The maximum Gasteiger partial charge on any atom is 1.00 e. The first-order chi connectivity index (χ1) is 14.3. The first-order valence-electron chi connectivity index (χ1n) is 9.58. The number of benzene rings is 1. The van der Waals surface area contributed by atoms with Gasteiger partial charge in [0.2, 0.25) is 16.9 Å². The summed E-state index contributed by atoms with van der Waals surface area (Å²) in [5.41, 5.74) is 0.755. The van der Waals surface area contributed by atoms with Gasteiger partial charge in [-0.05, 0) is 24.8 Å². The molecule has 3 amide bonds. The first kappa shape index (κ1) is 30.3. The van der Waals surface area contributed by atoms with E-state index in [1.54, 1.807) is 43.4 Å². The number of carbonyl (C=O) groups excluding carboxylic acids is 3. The number of ether oxygens (including phenoxy) is 1. The minimum absolute atomic E-state index is 0. The molecule has 2 atom stereocenters. The van der Waals surface area contributed by atoms with Crippen molar-refractivity contribution >= 4 is 28.0 Å². The smallest absolute Gasteiger partial charge is 0.744 e. The van der Waals surface area contributed by atoms with Crippen LogP contribution in [0.5, 0.6) is 0 Å². The molecule has 0 spiro atoms. The van der Waals surface area contributed by atoms with Gasteiger partial charge in [-0.2, -0.15) is 0 Å². The van der Waals surface area contributed by atoms with Crippen LogP contribution in [0.4, 0.5) is 4.79 Å². The minimum atomic E-state index is -5.28. The summed E-state index contributed by atoms with van der Waals surface area (Å²) in [6, 6.07) is 7.58. The van der Waals surface area contributed by atoms with E-state index in [-0.39, 0.29) is 48.5 Å². The van der Waals surface area contributed by atoms with E-state index in [9.17, 15) is 32.5 Å².